The Morgan fingerprint density at radius 1 is 0.833 bits per heavy atom. The number of aliphatic hydroxyl groups is 1. The molecular weight excluding hydrogens is 588 g/mol. The lowest BCUT2D eigenvalue weighted by Crippen LogP contribution is -2.35. The van der Waals surface area contributed by atoms with Gasteiger partial charge in [0.25, 0.3) is 0 Å². The lowest BCUT2D eigenvalue weighted by atomic mass is 9.77. The summed E-state index contributed by atoms with van der Waals surface area (Å²) in [4.78, 5) is 0. The molecule has 5 heteroatoms. The molecule has 1 atom stereocenters. The molecule has 0 saturated heterocycles. The fraction of sp³-hybridized carbons (Fsp3) is 0.189. The minimum Gasteiger partial charge on any atom is -0.497 e. The van der Waals surface area contributed by atoms with Crippen LogP contribution in [0.1, 0.15) is 41.7 Å². The second-order valence-corrected chi connectivity index (χ2v) is 12.3. The van der Waals surface area contributed by atoms with Crippen molar-refractivity contribution in [3.05, 3.63) is 129 Å². The molecular formula is C37H31BrO4. The van der Waals surface area contributed by atoms with Crippen LogP contribution in [0.25, 0.3) is 28.0 Å². The average Bonchev–Trinajstić information content (AvgIpc) is 3.26. The number of fused-ring (bicyclic) bond motifs is 8. The van der Waals surface area contributed by atoms with Gasteiger partial charge in [0.15, 0.2) is 5.60 Å². The lowest BCUT2D eigenvalue weighted by molar-refractivity contribution is 0.163. The maximum Gasteiger partial charge on any atom is 0.178 e. The Hall–Kier alpha value is -4.06. The molecule has 42 heavy (non-hydrogen) atoms. The van der Waals surface area contributed by atoms with E-state index in [1.165, 1.54) is 22.3 Å². The molecule has 5 aromatic rings. The van der Waals surface area contributed by atoms with Crippen molar-refractivity contribution in [2.75, 3.05) is 20.3 Å². The summed E-state index contributed by atoms with van der Waals surface area (Å²) >= 11 is 3.71. The van der Waals surface area contributed by atoms with Gasteiger partial charge in [0.05, 0.1) is 13.7 Å². The summed E-state index contributed by atoms with van der Waals surface area (Å²) in [7, 11) is 1.70. The minimum atomic E-state index is -0.868. The zero-order chi connectivity index (χ0) is 29.1. The van der Waals surface area contributed by atoms with E-state index >= 15 is 0 Å². The first-order valence-electron chi connectivity index (χ1n) is 14.1. The predicted molar refractivity (Wildman–Crippen MR) is 172 cm³/mol. The third-order valence-corrected chi connectivity index (χ3v) is 9.14. The summed E-state index contributed by atoms with van der Waals surface area (Å²) < 4.78 is 19.8. The van der Waals surface area contributed by atoms with Crippen LogP contribution in [0.5, 0.6) is 17.2 Å². The highest BCUT2D eigenvalue weighted by molar-refractivity contribution is 9.10. The Bertz CT molecular complexity index is 1860. The summed E-state index contributed by atoms with van der Waals surface area (Å²) in [5.74, 6) is 2.33. The topological polar surface area (TPSA) is 47.9 Å². The molecule has 1 aliphatic carbocycles. The van der Waals surface area contributed by atoms with E-state index in [-0.39, 0.29) is 18.6 Å². The van der Waals surface area contributed by atoms with Gasteiger partial charge in [-0.15, -0.1) is 0 Å². The van der Waals surface area contributed by atoms with E-state index in [1.54, 1.807) is 7.11 Å². The third-order valence-electron chi connectivity index (χ3n) is 8.65. The van der Waals surface area contributed by atoms with Gasteiger partial charge in [-0.05, 0) is 76.2 Å². The van der Waals surface area contributed by atoms with Crippen molar-refractivity contribution in [2.24, 2.45) is 0 Å². The number of halogens is 1. The van der Waals surface area contributed by atoms with Crippen molar-refractivity contribution in [2.45, 2.75) is 24.9 Å². The highest BCUT2D eigenvalue weighted by Crippen LogP contribution is 2.58. The maximum atomic E-state index is 9.20. The molecule has 0 saturated carbocycles. The molecule has 0 spiro atoms. The molecule has 0 fully saturated rings. The Balaban J connectivity index is 1.51. The van der Waals surface area contributed by atoms with Gasteiger partial charge in [-0.3, -0.25) is 0 Å². The monoisotopic (exact) mass is 618 g/mol. The van der Waals surface area contributed by atoms with Crippen molar-refractivity contribution < 1.29 is 19.3 Å². The number of hydrogen-bond acceptors (Lipinski definition) is 4. The molecule has 7 rings (SSSR count). The molecule has 1 heterocycles. The maximum absolute atomic E-state index is 9.20. The molecule has 2 aliphatic rings. The average molecular weight is 620 g/mol. The van der Waals surface area contributed by atoms with Crippen LogP contribution in [0.2, 0.25) is 0 Å². The quantitative estimate of drug-likeness (QED) is 0.207. The van der Waals surface area contributed by atoms with Crippen LogP contribution in [0.4, 0.5) is 0 Å². The van der Waals surface area contributed by atoms with Gasteiger partial charge < -0.3 is 19.3 Å². The summed E-state index contributed by atoms with van der Waals surface area (Å²) in [5, 5.41) is 11.4. The van der Waals surface area contributed by atoms with E-state index in [1.807, 2.05) is 48.5 Å². The largest absolute Gasteiger partial charge is 0.497 e. The summed E-state index contributed by atoms with van der Waals surface area (Å²) in [5.41, 5.74) is 7.07. The summed E-state index contributed by atoms with van der Waals surface area (Å²) in [6.45, 7) is 4.83. The van der Waals surface area contributed by atoms with Crippen molar-refractivity contribution in [1.29, 1.82) is 0 Å². The van der Waals surface area contributed by atoms with E-state index in [2.05, 4.69) is 84.4 Å². The van der Waals surface area contributed by atoms with Gasteiger partial charge in [0.2, 0.25) is 0 Å². The number of aliphatic hydroxyl groups excluding tert-OH is 1. The van der Waals surface area contributed by atoms with Gasteiger partial charge in [-0.25, -0.2) is 0 Å². The van der Waals surface area contributed by atoms with Gasteiger partial charge in [-0.2, -0.15) is 0 Å². The fourth-order valence-electron chi connectivity index (χ4n) is 6.69. The van der Waals surface area contributed by atoms with Crippen molar-refractivity contribution in [3.63, 3.8) is 0 Å². The fourth-order valence-corrected chi connectivity index (χ4v) is 7.05. The first-order valence-corrected chi connectivity index (χ1v) is 14.9. The van der Waals surface area contributed by atoms with Crippen LogP contribution in [-0.4, -0.2) is 25.4 Å². The Kier molecular flexibility index (Phi) is 6.41. The lowest BCUT2D eigenvalue weighted by Gasteiger charge is -2.38. The van der Waals surface area contributed by atoms with Crippen molar-refractivity contribution in [3.8, 4) is 28.4 Å². The zero-order valence-corrected chi connectivity index (χ0v) is 25.4. The van der Waals surface area contributed by atoms with E-state index in [9.17, 15) is 5.11 Å². The van der Waals surface area contributed by atoms with Crippen LogP contribution < -0.4 is 14.2 Å². The van der Waals surface area contributed by atoms with E-state index in [0.717, 1.165) is 43.4 Å². The van der Waals surface area contributed by atoms with E-state index in [0.29, 0.717) is 5.75 Å². The van der Waals surface area contributed by atoms with Crippen LogP contribution in [0.3, 0.4) is 0 Å². The highest BCUT2D eigenvalue weighted by Gasteiger charge is 2.44. The van der Waals surface area contributed by atoms with Gasteiger partial charge in [0.1, 0.15) is 23.9 Å². The highest BCUT2D eigenvalue weighted by atomic mass is 79.9. The molecule has 0 amide bonds. The first kappa shape index (κ1) is 26.8. The standard InChI is InChI=1S/C37H31BrO4/c1-36(2)32-21-25(38)11-15-29(32)33-28-16-14-27(40-3)22-31(28)35-30(34(33)36)17-18-37(42-35,23-7-5-4-6-8-23)24-9-12-26(13-10-24)41-20-19-39/h4-18,21-22,39H,19-20H2,1-3H3. The molecule has 0 radical (unpaired) electrons. The molecule has 1 aliphatic heterocycles. The SMILES string of the molecule is COc1ccc2c3c(c4c(c2c1)OC(c1ccccc1)(c1ccc(OCCO)cc1)C=C4)C(C)(C)c1cc(Br)ccc1-3. The second kappa shape index (κ2) is 10.0. The molecule has 1 unspecified atom stereocenters. The van der Waals surface area contributed by atoms with Crippen LogP contribution in [0, 0.1) is 0 Å². The van der Waals surface area contributed by atoms with Gasteiger partial charge in [0, 0.05) is 32.0 Å². The molecule has 1 N–H and O–H groups in total. The Labute approximate surface area is 254 Å². The van der Waals surface area contributed by atoms with Crippen molar-refractivity contribution in [1.82, 2.24) is 0 Å². The second-order valence-electron chi connectivity index (χ2n) is 11.4. The molecule has 210 valence electrons. The molecule has 5 aromatic carbocycles. The number of ether oxygens (including phenoxy) is 3. The van der Waals surface area contributed by atoms with Crippen molar-refractivity contribution >= 4 is 32.8 Å². The third kappa shape index (κ3) is 3.98. The van der Waals surface area contributed by atoms with Gasteiger partial charge in [-0.1, -0.05) is 84.4 Å². The van der Waals surface area contributed by atoms with Crippen LogP contribution >= 0.6 is 15.9 Å². The van der Waals surface area contributed by atoms with E-state index < -0.39 is 5.60 Å². The minimum absolute atomic E-state index is 0.0314. The van der Waals surface area contributed by atoms with E-state index in [4.69, 9.17) is 14.2 Å². The first-order chi connectivity index (χ1) is 20.4. The zero-order valence-electron chi connectivity index (χ0n) is 23.8. The Morgan fingerprint density at radius 2 is 1.57 bits per heavy atom. The number of methoxy groups -OCH3 is 1. The molecule has 0 aromatic heterocycles. The number of benzene rings is 5. The smallest absolute Gasteiger partial charge is 0.178 e. The molecule has 4 nitrogen and oxygen atoms in total. The summed E-state index contributed by atoms with van der Waals surface area (Å²) in [6.07, 6.45) is 4.44. The molecule has 0 bridgehead atoms. The normalized spacial score (nSPS) is 17.7. The Morgan fingerprint density at radius 3 is 2.31 bits per heavy atom. The van der Waals surface area contributed by atoms with Crippen LogP contribution in [0.15, 0.2) is 102 Å². The predicted octanol–water partition coefficient (Wildman–Crippen LogP) is 8.64. The number of rotatable bonds is 6. The summed E-state index contributed by atoms with van der Waals surface area (Å²) in [6, 6.07) is 31.2. The van der Waals surface area contributed by atoms with Crippen LogP contribution in [-0.2, 0) is 11.0 Å². The number of hydrogen-bond donors (Lipinski definition) is 1. The van der Waals surface area contributed by atoms with Gasteiger partial charge >= 0.3 is 0 Å².